The molecule has 12 heavy (non-hydrogen) atoms. The summed E-state index contributed by atoms with van der Waals surface area (Å²) < 4.78 is 5.66. The minimum atomic E-state index is -0.679. The van der Waals surface area contributed by atoms with Gasteiger partial charge in [0.1, 0.15) is 5.60 Å². The van der Waals surface area contributed by atoms with E-state index in [2.05, 4.69) is 6.58 Å². The highest BCUT2D eigenvalue weighted by molar-refractivity contribution is 6.04. The molecule has 1 aliphatic heterocycles. The van der Waals surface area contributed by atoms with Gasteiger partial charge in [0.25, 0.3) is 0 Å². The molecule has 1 saturated heterocycles. The lowest BCUT2D eigenvalue weighted by atomic mass is 9.91. The van der Waals surface area contributed by atoms with Crippen LogP contribution < -0.4 is 0 Å². The lowest BCUT2D eigenvalue weighted by molar-refractivity contribution is -0.133. The van der Waals surface area contributed by atoms with E-state index in [1.54, 1.807) is 13.8 Å². The Balaban J connectivity index is 3.04. The van der Waals surface area contributed by atoms with Gasteiger partial charge in [0.15, 0.2) is 5.78 Å². The van der Waals surface area contributed by atoms with Gasteiger partial charge in [-0.05, 0) is 27.2 Å². The summed E-state index contributed by atoms with van der Waals surface area (Å²) in [4.78, 5) is 11.6. The van der Waals surface area contributed by atoms with Crippen LogP contribution in [0.25, 0.3) is 0 Å². The van der Waals surface area contributed by atoms with Crippen LogP contribution in [-0.4, -0.2) is 17.0 Å². The zero-order chi connectivity index (χ0) is 9.57. The normalized spacial score (nSPS) is 34.3. The standard InChI is InChI=1S/C10H16O2/c1-6-10(5)7(2)8(11)9(3,4)12-10/h2,6H2,1,3-5H3. The molecule has 0 amide bonds. The molecule has 0 aromatic rings. The molecule has 0 spiro atoms. The maximum atomic E-state index is 11.6. The predicted octanol–water partition coefficient (Wildman–Crippen LogP) is 2.09. The smallest absolute Gasteiger partial charge is 0.192 e. The Bertz CT molecular complexity index is 240. The summed E-state index contributed by atoms with van der Waals surface area (Å²) in [7, 11) is 0. The van der Waals surface area contributed by atoms with Crippen molar-refractivity contribution >= 4 is 5.78 Å². The van der Waals surface area contributed by atoms with Crippen LogP contribution >= 0.6 is 0 Å². The minimum Gasteiger partial charge on any atom is -0.356 e. The first-order valence-electron chi connectivity index (χ1n) is 4.28. The number of rotatable bonds is 1. The van der Waals surface area contributed by atoms with Crippen LogP contribution in [0.1, 0.15) is 34.1 Å². The second-order valence-corrected chi connectivity index (χ2v) is 4.00. The van der Waals surface area contributed by atoms with Gasteiger partial charge >= 0.3 is 0 Å². The molecule has 2 heteroatoms. The Morgan fingerprint density at radius 3 is 2.08 bits per heavy atom. The molecule has 1 fully saturated rings. The Morgan fingerprint density at radius 2 is 1.92 bits per heavy atom. The molecule has 1 atom stereocenters. The Hall–Kier alpha value is -0.630. The van der Waals surface area contributed by atoms with Gasteiger partial charge in [-0.1, -0.05) is 13.5 Å². The van der Waals surface area contributed by atoms with Gasteiger partial charge in [-0.25, -0.2) is 0 Å². The lowest BCUT2D eigenvalue weighted by Crippen LogP contribution is -2.30. The van der Waals surface area contributed by atoms with Crippen LogP contribution in [0.2, 0.25) is 0 Å². The summed E-state index contributed by atoms with van der Waals surface area (Å²) >= 11 is 0. The van der Waals surface area contributed by atoms with Gasteiger partial charge in [-0.2, -0.15) is 0 Å². The fourth-order valence-electron chi connectivity index (χ4n) is 1.56. The number of ketones is 1. The molecule has 1 rings (SSSR count). The van der Waals surface area contributed by atoms with Crippen molar-refractivity contribution in [3.05, 3.63) is 12.2 Å². The summed E-state index contributed by atoms with van der Waals surface area (Å²) in [5.74, 6) is 0.0341. The molecular formula is C10H16O2. The van der Waals surface area contributed by atoms with E-state index in [0.717, 1.165) is 6.42 Å². The molecule has 1 unspecified atom stereocenters. The third kappa shape index (κ3) is 1.11. The maximum Gasteiger partial charge on any atom is 0.192 e. The van der Waals surface area contributed by atoms with Crippen LogP contribution in [0.15, 0.2) is 12.2 Å². The minimum absolute atomic E-state index is 0.0341. The van der Waals surface area contributed by atoms with Crippen molar-refractivity contribution in [2.45, 2.75) is 45.3 Å². The Kier molecular flexibility index (Phi) is 1.91. The summed E-state index contributed by atoms with van der Waals surface area (Å²) in [6, 6.07) is 0. The van der Waals surface area contributed by atoms with Gasteiger partial charge in [-0.3, -0.25) is 4.79 Å². The molecule has 1 heterocycles. The maximum absolute atomic E-state index is 11.6. The molecule has 0 saturated carbocycles. The van der Waals surface area contributed by atoms with E-state index >= 15 is 0 Å². The highest BCUT2D eigenvalue weighted by Gasteiger charge is 2.49. The van der Waals surface area contributed by atoms with Crippen LogP contribution in [-0.2, 0) is 9.53 Å². The lowest BCUT2D eigenvalue weighted by Gasteiger charge is -2.25. The van der Waals surface area contributed by atoms with Crippen molar-refractivity contribution in [2.75, 3.05) is 0 Å². The third-order valence-electron chi connectivity index (χ3n) is 2.61. The van der Waals surface area contributed by atoms with Crippen molar-refractivity contribution < 1.29 is 9.53 Å². The molecule has 0 aromatic heterocycles. The highest BCUT2D eigenvalue weighted by atomic mass is 16.5. The fourth-order valence-corrected chi connectivity index (χ4v) is 1.56. The monoisotopic (exact) mass is 168 g/mol. The van der Waals surface area contributed by atoms with Gasteiger partial charge in [-0.15, -0.1) is 0 Å². The van der Waals surface area contributed by atoms with Gasteiger partial charge in [0.05, 0.1) is 5.60 Å². The molecule has 1 aliphatic rings. The number of ether oxygens (including phenoxy) is 1. The molecule has 0 N–H and O–H groups in total. The van der Waals surface area contributed by atoms with E-state index in [4.69, 9.17) is 4.74 Å². The summed E-state index contributed by atoms with van der Waals surface area (Å²) in [6.45, 7) is 11.3. The second-order valence-electron chi connectivity index (χ2n) is 4.00. The van der Waals surface area contributed by atoms with E-state index in [-0.39, 0.29) is 5.78 Å². The van der Waals surface area contributed by atoms with Crippen LogP contribution in [0.5, 0.6) is 0 Å². The second kappa shape index (κ2) is 2.43. The molecular weight excluding hydrogens is 152 g/mol. The SMILES string of the molecule is C=C1C(=O)C(C)(C)OC1(C)CC. The first-order chi connectivity index (χ1) is 5.33. The average Bonchev–Trinajstić information content (AvgIpc) is 2.13. The Morgan fingerprint density at radius 1 is 1.42 bits per heavy atom. The van der Waals surface area contributed by atoms with E-state index in [1.165, 1.54) is 0 Å². The van der Waals surface area contributed by atoms with Gasteiger partial charge in [0.2, 0.25) is 0 Å². The van der Waals surface area contributed by atoms with Crippen LogP contribution in [0.3, 0.4) is 0 Å². The zero-order valence-electron chi connectivity index (χ0n) is 8.23. The average molecular weight is 168 g/mol. The van der Waals surface area contributed by atoms with Crippen molar-refractivity contribution in [1.29, 1.82) is 0 Å². The quantitative estimate of drug-likeness (QED) is 0.560. The topological polar surface area (TPSA) is 26.3 Å². The highest BCUT2D eigenvalue weighted by Crippen LogP contribution is 2.39. The molecule has 2 nitrogen and oxygen atoms in total. The number of Topliss-reactive ketones (excluding diaryl/α,β-unsaturated/α-hetero) is 1. The number of hydrogen-bond acceptors (Lipinski definition) is 2. The van der Waals surface area contributed by atoms with Crippen molar-refractivity contribution in [1.82, 2.24) is 0 Å². The van der Waals surface area contributed by atoms with E-state index in [1.807, 2.05) is 13.8 Å². The summed E-state index contributed by atoms with van der Waals surface area (Å²) in [6.07, 6.45) is 0.793. The Labute approximate surface area is 73.6 Å². The van der Waals surface area contributed by atoms with E-state index in [9.17, 15) is 4.79 Å². The predicted molar refractivity (Wildman–Crippen MR) is 48.0 cm³/mol. The van der Waals surface area contributed by atoms with Gasteiger partial charge < -0.3 is 4.74 Å². The first kappa shape index (κ1) is 9.46. The molecule has 0 bridgehead atoms. The van der Waals surface area contributed by atoms with E-state index < -0.39 is 11.2 Å². The van der Waals surface area contributed by atoms with E-state index in [0.29, 0.717) is 5.57 Å². The third-order valence-corrected chi connectivity index (χ3v) is 2.61. The van der Waals surface area contributed by atoms with Crippen LogP contribution in [0, 0.1) is 0 Å². The fraction of sp³-hybridized carbons (Fsp3) is 0.700. The van der Waals surface area contributed by atoms with Gasteiger partial charge in [0, 0.05) is 5.57 Å². The summed E-state index contributed by atoms with van der Waals surface area (Å²) in [5, 5.41) is 0. The first-order valence-corrected chi connectivity index (χ1v) is 4.28. The molecule has 0 aromatic carbocycles. The van der Waals surface area contributed by atoms with Crippen molar-refractivity contribution in [3.63, 3.8) is 0 Å². The molecule has 0 radical (unpaired) electrons. The number of carbonyl (C=O) groups excluding carboxylic acids is 1. The molecule has 0 aliphatic carbocycles. The molecule has 68 valence electrons. The summed E-state index contributed by atoms with van der Waals surface area (Å²) in [5.41, 5.74) is -0.516. The number of hydrogen-bond donors (Lipinski definition) is 0. The van der Waals surface area contributed by atoms with Crippen molar-refractivity contribution in [3.8, 4) is 0 Å². The van der Waals surface area contributed by atoms with Crippen LogP contribution in [0.4, 0.5) is 0 Å². The largest absolute Gasteiger partial charge is 0.356 e. The number of carbonyl (C=O) groups is 1. The zero-order valence-corrected chi connectivity index (χ0v) is 8.23. The van der Waals surface area contributed by atoms with Crippen molar-refractivity contribution in [2.24, 2.45) is 0 Å².